The van der Waals surface area contributed by atoms with Crippen LogP contribution in [-0.2, 0) is 19.3 Å². The largest absolute Gasteiger partial charge is 0.206 e. The molecule has 27 heavy (non-hydrogen) atoms. The molecule has 0 heterocycles. The third-order valence-electron chi connectivity index (χ3n) is 5.72. The van der Waals surface area contributed by atoms with Crippen molar-refractivity contribution in [2.45, 2.75) is 38.5 Å². The first-order valence-electron chi connectivity index (χ1n) is 9.58. The van der Waals surface area contributed by atoms with E-state index >= 15 is 0 Å². The highest BCUT2D eigenvalue weighted by Crippen LogP contribution is 2.35. The Balaban J connectivity index is 1.57. The molecule has 1 atom stereocenters. The van der Waals surface area contributed by atoms with E-state index in [2.05, 4.69) is 49.4 Å². The molecular weight excluding hydrogens is 333 g/mol. The first kappa shape index (κ1) is 17.5. The summed E-state index contributed by atoms with van der Waals surface area (Å²) in [5.74, 6) is 0.116. The molecule has 3 aromatic carbocycles. The van der Waals surface area contributed by atoms with E-state index in [0.717, 1.165) is 36.8 Å². The van der Waals surface area contributed by atoms with Gasteiger partial charge in [-0.2, -0.15) is 5.26 Å². The van der Waals surface area contributed by atoms with Crippen molar-refractivity contribution in [1.82, 2.24) is 0 Å². The topological polar surface area (TPSA) is 23.8 Å². The molecular formula is C25H22FN. The first-order chi connectivity index (χ1) is 13.2. The number of benzene rings is 3. The van der Waals surface area contributed by atoms with Gasteiger partial charge in [-0.15, -0.1) is 0 Å². The van der Waals surface area contributed by atoms with Crippen LogP contribution in [0.15, 0.2) is 60.7 Å². The standard InChI is InChI=1S/C25H22FN/c1-2-17-3-5-18(6-4-17)19-7-8-21-14-22(10-9-20(21)13-19)23-11-12-24(16-27)25(26)15-23/h3-6,9-12,14-15,19H,2,7-8,13H2,1H3. The van der Waals surface area contributed by atoms with Crippen molar-refractivity contribution in [3.8, 4) is 17.2 Å². The molecule has 0 radical (unpaired) electrons. The van der Waals surface area contributed by atoms with Crippen LogP contribution in [0, 0.1) is 17.1 Å². The van der Waals surface area contributed by atoms with Crippen molar-refractivity contribution in [1.29, 1.82) is 5.26 Å². The summed E-state index contributed by atoms with van der Waals surface area (Å²) < 4.78 is 13.9. The van der Waals surface area contributed by atoms with Crippen LogP contribution in [0.4, 0.5) is 4.39 Å². The number of halogens is 1. The van der Waals surface area contributed by atoms with Gasteiger partial charge in [0.25, 0.3) is 0 Å². The fraction of sp³-hybridized carbons (Fsp3) is 0.240. The Labute approximate surface area is 160 Å². The molecule has 1 aliphatic carbocycles. The summed E-state index contributed by atoms with van der Waals surface area (Å²) in [5.41, 5.74) is 7.50. The number of rotatable bonds is 3. The highest BCUT2D eigenvalue weighted by atomic mass is 19.1. The zero-order valence-electron chi connectivity index (χ0n) is 15.5. The first-order valence-corrected chi connectivity index (χ1v) is 9.58. The van der Waals surface area contributed by atoms with Gasteiger partial charge >= 0.3 is 0 Å². The van der Waals surface area contributed by atoms with E-state index < -0.39 is 5.82 Å². The van der Waals surface area contributed by atoms with Gasteiger partial charge < -0.3 is 0 Å². The van der Waals surface area contributed by atoms with Crippen molar-refractivity contribution in [3.63, 3.8) is 0 Å². The maximum absolute atomic E-state index is 13.9. The third-order valence-corrected chi connectivity index (χ3v) is 5.72. The zero-order chi connectivity index (χ0) is 18.8. The second-order valence-corrected chi connectivity index (χ2v) is 7.32. The normalized spacial score (nSPS) is 15.8. The Morgan fingerprint density at radius 3 is 2.41 bits per heavy atom. The molecule has 3 aromatic rings. The number of hydrogen-bond donors (Lipinski definition) is 0. The molecule has 0 spiro atoms. The van der Waals surface area contributed by atoms with Gasteiger partial charge in [0.2, 0.25) is 0 Å². The van der Waals surface area contributed by atoms with Crippen molar-refractivity contribution >= 4 is 0 Å². The fourth-order valence-corrected chi connectivity index (χ4v) is 4.03. The van der Waals surface area contributed by atoms with E-state index in [1.54, 1.807) is 6.07 Å². The molecule has 0 saturated heterocycles. The summed E-state index contributed by atoms with van der Waals surface area (Å²) in [5, 5.41) is 8.90. The SMILES string of the molecule is CCc1ccc(C2CCc3cc(-c4ccc(C#N)c(F)c4)ccc3C2)cc1. The number of fused-ring (bicyclic) bond motifs is 1. The van der Waals surface area contributed by atoms with Gasteiger partial charge in [-0.1, -0.05) is 55.5 Å². The van der Waals surface area contributed by atoms with E-state index in [1.165, 1.54) is 28.3 Å². The minimum absolute atomic E-state index is 0.0913. The Hall–Kier alpha value is -2.92. The van der Waals surface area contributed by atoms with Crippen LogP contribution in [-0.4, -0.2) is 0 Å². The average Bonchev–Trinajstić information content (AvgIpc) is 2.73. The van der Waals surface area contributed by atoms with Gasteiger partial charge in [0, 0.05) is 0 Å². The summed E-state index contributed by atoms with van der Waals surface area (Å²) in [4.78, 5) is 0. The van der Waals surface area contributed by atoms with Gasteiger partial charge in [0.15, 0.2) is 0 Å². The molecule has 4 rings (SSSR count). The number of nitriles is 1. The van der Waals surface area contributed by atoms with Gasteiger partial charge in [0.05, 0.1) is 5.56 Å². The molecule has 0 saturated carbocycles. The van der Waals surface area contributed by atoms with Gasteiger partial charge in [-0.25, -0.2) is 4.39 Å². The second kappa shape index (κ2) is 7.37. The van der Waals surface area contributed by atoms with E-state index in [1.807, 2.05) is 12.1 Å². The lowest BCUT2D eigenvalue weighted by atomic mass is 9.79. The summed E-state index contributed by atoms with van der Waals surface area (Å²) in [6.07, 6.45) is 4.32. The van der Waals surface area contributed by atoms with Crippen LogP contribution in [0.1, 0.15) is 47.1 Å². The van der Waals surface area contributed by atoms with Gasteiger partial charge in [-0.3, -0.25) is 0 Å². The highest BCUT2D eigenvalue weighted by molar-refractivity contribution is 5.66. The lowest BCUT2D eigenvalue weighted by Crippen LogP contribution is -2.13. The summed E-state index contributed by atoms with van der Waals surface area (Å²) in [7, 11) is 0. The van der Waals surface area contributed by atoms with E-state index in [0.29, 0.717) is 5.92 Å². The van der Waals surface area contributed by atoms with Crippen LogP contribution in [0.5, 0.6) is 0 Å². The minimum Gasteiger partial charge on any atom is -0.206 e. The number of aryl methyl sites for hydroxylation is 2. The van der Waals surface area contributed by atoms with Gasteiger partial charge in [-0.05, 0) is 77.1 Å². The Bertz CT molecular complexity index is 1010. The molecule has 0 aliphatic heterocycles. The molecule has 1 nitrogen and oxygen atoms in total. The van der Waals surface area contributed by atoms with Crippen LogP contribution in [0.3, 0.4) is 0 Å². The molecule has 0 amide bonds. The third kappa shape index (κ3) is 3.51. The van der Waals surface area contributed by atoms with Crippen molar-refractivity contribution in [2.24, 2.45) is 0 Å². The number of nitrogens with zero attached hydrogens (tertiary/aromatic N) is 1. The lowest BCUT2D eigenvalue weighted by molar-refractivity contribution is 0.585. The molecule has 0 aromatic heterocycles. The predicted octanol–water partition coefficient (Wildman–Crippen LogP) is 6.20. The second-order valence-electron chi connectivity index (χ2n) is 7.32. The van der Waals surface area contributed by atoms with Crippen LogP contribution in [0.2, 0.25) is 0 Å². The van der Waals surface area contributed by atoms with Crippen molar-refractivity contribution < 1.29 is 4.39 Å². The Kier molecular flexibility index (Phi) is 4.77. The van der Waals surface area contributed by atoms with E-state index in [-0.39, 0.29) is 5.56 Å². The maximum atomic E-state index is 13.9. The Morgan fingerprint density at radius 1 is 0.963 bits per heavy atom. The van der Waals surface area contributed by atoms with Crippen LogP contribution < -0.4 is 0 Å². The summed E-state index contributed by atoms with van der Waals surface area (Å²) in [6, 6.07) is 22.2. The zero-order valence-corrected chi connectivity index (χ0v) is 15.5. The fourth-order valence-electron chi connectivity index (χ4n) is 4.03. The van der Waals surface area contributed by atoms with Crippen LogP contribution >= 0.6 is 0 Å². The number of hydrogen-bond acceptors (Lipinski definition) is 1. The molecule has 0 fully saturated rings. The van der Waals surface area contributed by atoms with Crippen molar-refractivity contribution in [2.75, 3.05) is 0 Å². The minimum atomic E-state index is -0.455. The van der Waals surface area contributed by atoms with Gasteiger partial charge in [0.1, 0.15) is 11.9 Å². The predicted molar refractivity (Wildman–Crippen MR) is 107 cm³/mol. The summed E-state index contributed by atoms with van der Waals surface area (Å²) in [6.45, 7) is 2.18. The smallest absolute Gasteiger partial charge is 0.141 e. The highest BCUT2D eigenvalue weighted by Gasteiger charge is 2.20. The molecule has 2 heteroatoms. The average molecular weight is 355 g/mol. The Morgan fingerprint density at radius 2 is 1.70 bits per heavy atom. The molecule has 134 valence electrons. The quantitative estimate of drug-likeness (QED) is 0.549. The molecule has 1 unspecified atom stereocenters. The lowest BCUT2D eigenvalue weighted by Gasteiger charge is -2.26. The summed E-state index contributed by atoms with van der Waals surface area (Å²) >= 11 is 0. The molecule has 1 aliphatic rings. The molecule has 0 bridgehead atoms. The maximum Gasteiger partial charge on any atom is 0.141 e. The molecule has 0 N–H and O–H groups in total. The monoisotopic (exact) mass is 355 g/mol. The van der Waals surface area contributed by atoms with Crippen LogP contribution in [0.25, 0.3) is 11.1 Å². The van der Waals surface area contributed by atoms with Crippen molar-refractivity contribution in [3.05, 3.63) is 94.3 Å². The van der Waals surface area contributed by atoms with E-state index in [4.69, 9.17) is 5.26 Å². The van der Waals surface area contributed by atoms with E-state index in [9.17, 15) is 4.39 Å².